The molecule has 0 aromatic carbocycles. The Bertz CT molecular complexity index is 161. The Morgan fingerprint density at radius 2 is 1.64 bits per heavy atom. The SMILES string of the molecule is CC1CC(=O)CC(C)C1(F)F. The summed E-state index contributed by atoms with van der Waals surface area (Å²) in [5.41, 5.74) is 0. The van der Waals surface area contributed by atoms with Crippen molar-refractivity contribution in [3.8, 4) is 0 Å². The van der Waals surface area contributed by atoms with E-state index in [-0.39, 0.29) is 18.6 Å². The van der Waals surface area contributed by atoms with Crippen LogP contribution in [0.3, 0.4) is 0 Å². The van der Waals surface area contributed by atoms with Crippen LogP contribution in [0.4, 0.5) is 8.78 Å². The number of Topliss-reactive ketones (excluding diaryl/α,β-unsaturated/α-hetero) is 1. The third-order valence-electron chi connectivity index (χ3n) is 2.38. The molecule has 11 heavy (non-hydrogen) atoms. The predicted octanol–water partition coefficient (Wildman–Crippen LogP) is 2.26. The number of rotatable bonds is 0. The molecule has 0 aliphatic heterocycles. The maximum Gasteiger partial charge on any atom is 0.254 e. The monoisotopic (exact) mass is 162 g/mol. The van der Waals surface area contributed by atoms with Crippen molar-refractivity contribution in [2.45, 2.75) is 32.6 Å². The van der Waals surface area contributed by atoms with Gasteiger partial charge in [-0.25, -0.2) is 8.78 Å². The molecular formula is C8H12F2O. The lowest BCUT2D eigenvalue weighted by Gasteiger charge is -2.33. The van der Waals surface area contributed by atoms with Gasteiger partial charge in [-0.15, -0.1) is 0 Å². The first-order valence-electron chi connectivity index (χ1n) is 3.84. The Morgan fingerprint density at radius 1 is 1.27 bits per heavy atom. The van der Waals surface area contributed by atoms with Crippen molar-refractivity contribution in [3.63, 3.8) is 0 Å². The third-order valence-corrected chi connectivity index (χ3v) is 2.38. The zero-order valence-corrected chi connectivity index (χ0v) is 6.73. The minimum absolute atomic E-state index is 0.0316. The Morgan fingerprint density at radius 3 is 2.00 bits per heavy atom. The molecule has 1 fully saturated rings. The first kappa shape index (κ1) is 8.62. The Balaban J connectivity index is 2.75. The topological polar surface area (TPSA) is 17.1 Å². The summed E-state index contributed by atoms with van der Waals surface area (Å²) >= 11 is 0. The highest BCUT2D eigenvalue weighted by Crippen LogP contribution is 2.40. The summed E-state index contributed by atoms with van der Waals surface area (Å²) in [6, 6.07) is 0. The largest absolute Gasteiger partial charge is 0.300 e. The standard InChI is InChI=1S/C8H12F2O/c1-5-3-7(11)4-6(2)8(5,9)10/h5-6H,3-4H2,1-2H3. The average Bonchev–Trinajstić information content (AvgIpc) is 1.84. The molecule has 0 spiro atoms. The van der Waals surface area contributed by atoms with Crippen LogP contribution in [-0.2, 0) is 4.79 Å². The number of ketones is 1. The summed E-state index contributed by atoms with van der Waals surface area (Å²) < 4.78 is 26.0. The van der Waals surface area contributed by atoms with Crippen LogP contribution < -0.4 is 0 Å². The number of hydrogen-bond acceptors (Lipinski definition) is 1. The van der Waals surface area contributed by atoms with E-state index in [4.69, 9.17) is 0 Å². The molecule has 1 aliphatic rings. The predicted molar refractivity (Wildman–Crippen MR) is 37.5 cm³/mol. The van der Waals surface area contributed by atoms with Gasteiger partial charge in [-0.1, -0.05) is 13.8 Å². The van der Waals surface area contributed by atoms with Gasteiger partial charge in [-0.05, 0) is 0 Å². The molecule has 0 N–H and O–H groups in total. The van der Waals surface area contributed by atoms with Gasteiger partial charge in [-0.3, -0.25) is 4.79 Å². The maximum atomic E-state index is 13.0. The minimum atomic E-state index is -2.64. The molecule has 1 saturated carbocycles. The molecule has 3 heteroatoms. The molecule has 1 aliphatic carbocycles. The van der Waals surface area contributed by atoms with E-state index in [0.29, 0.717) is 0 Å². The summed E-state index contributed by atoms with van der Waals surface area (Å²) in [6.45, 7) is 2.88. The second-order valence-corrected chi connectivity index (χ2v) is 3.42. The Hall–Kier alpha value is -0.470. The fraction of sp³-hybridized carbons (Fsp3) is 0.875. The van der Waals surface area contributed by atoms with Crippen molar-refractivity contribution >= 4 is 5.78 Å². The van der Waals surface area contributed by atoms with Crippen LogP contribution in [0.1, 0.15) is 26.7 Å². The van der Waals surface area contributed by atoms with E-state index in [1.54, 1.807) is 0 Å². The lowest BCUT2D eigenvalue weighted by molar-refractivity contribution is -0.148. The molecule has 0 amide bonds. The fourth-order valence-electron chi connectivity index (χ4n) is 1.52. The van der Waals surface area contributed by atoms with Gasteiger partial charge in [0.05, 0.1) is 0 Å². The van der Waals surface area contributed by atoms with Crippen molar-refractivity contribution in [3.05, 3.63) is 0 Å². The van der Waals surface area contributed by atoms with E-state index in [2.05, 4.69) is 0 Å². The van der Waals surface area contributed by atoms with Crippen molar-refractivity contribution in [1.29, 1.82) is 0 Å². The molecule has 2 unspecified atom stereocenters. The van der Waals surface area contributed by atoms with Crippen molar-refractivity contribution < 1.29 is 13.6 Å². The first-order valence-corrected chi connectivity index (χ1v) is 3.84. The third kappa shape index (κ3) is 1.42. The quantitative estimate of drug-likeness (QED) is 0.534. The minimum Gasteiger partial charge on any atom is -0.300 e. The van der Waals surface area contributed by atoms with E-state index < -0.39 is 17.8 Å². The van der Waals surface area contributed by atoms with Crippen molar-refractivity contribution in [2.75, 3.05) is 0 Å². The summed E-state index contributed by atoms with van der Waals surface area (Å²) in [4.78, 5) is 10.8. The van der Waals surface area contributed by atoms with Crippen LogP contribution >= 0.6 is 0 Å². The van der Waals surface area contributed by atoms with Crippen LogP contribution in [0.5, 0.6) is 0 Å². The normalized spacial score (nSPS) is 37.3. The number of carbonyl (C=O) groups is 1. The second-order valence-electron chi connectivity index (χ2n) is 3.42. The summed E-state index contributed by atoms with van der Waals surface area (Å²) in [6.07, 6.45) is 0.0781. The molecule has 0 bridgehead atoms. The fourth-order valence-corrected chi connectivity index (χ4v) is 1.52. The maximum absolute atomic E-state index is 13.0. The van der Waals surface area contributed by atoms with Gasteiger partial charge in [0.25, 0.3) is 5.92 Å². The second kappa shape index (κ2) is 2.54. The number of halogens is 2. The average molecular weight is 162 g/mol. The molecule has 1 nitrogen and oxygen atoms in total. The van der Waals surface area contributed by atoms with Gasteiger partial charge in [-0.2, -0.15) is 0 Å². The van der Waals surface area contributed by atoms with E-state index in [9.17, 15) is 13.6 Å². The number of hydrogen-bond donors (Lipinski definition) is 0. The van der Waals surface area contributed by atoms with Gasteiger partial charge < -0.3 is 0 Å². The van der Waals surface area contributed by atoms with Crippen LogP contribution in [0, 0.1) is 11.8 Å². The Labute approximate surface area is 64.8 Å². The van der Waals surface area contributed by atoms with E-state index >= 15 is 0 Å². The van der Waals surface area contributed by atoms with E-state index in [1.165, 1.54) is 13.8 Å². The van der Waals surface area contributed by atoms with Crippen molar-refractivity contribution in [1.82, 2.24) is 0 Å². The van der Waals surface area contributed by atoms with Gasteiger partial charge in [0.15, 0.2) is 0 Å². The van der Waals surface area contributed by atoms with Gasteiger partial charge >= 0.3 is 0 Å². The van der Waals surface area contributed by atoms with Crippen LogP contribution in [0.15, 0.2) is 0 Å². The molecular weight excluding hydrogens is 150 g/mol. The molecule has 0 heterocycles. The zero-order valence-electron chi connectivity index (χ0n) is 6.73. The molecule has 64 valence electrons. The summed E-state index contributed by atoms with van der Waals surface area (Å²) in [7, 11) is 0. The van der Waals surface area contributed by atoms with E-state index in [0.717, 1.165) is 0 Å². The highest BCUT2D eigenvalue weighted by atomic mass is 19.3. The molecule has 0 radical (unpaired) electrons. The molecule has 0 aromatic rings. The number of carbonyl (C=O) groups excluding carboxylic acids is 1. The van der Waals surface area contributed by atoms with Gasteiger partial charge in [0.2, 0.25) is 0 Å². The van der Waals surface area contributed by atoms with Gasteiger partial charge in [0, 0.05) is 24.7 Å². The summed E-state index contributed by atoms with van der Waals surface area (Å²) in [5, 5.41) is 0. The van der Waals surface area contributed by atoms with Crippen molar-refractivity contribution in [2.24, 2.45) is 11.8 Å². The summed E-state index contributed by atoms with van der Waals surface area (Å²) in [5.74, 6) is -4.23. The van der Waals surface area contributed by atoms with Crippen LogP contribution in [0.25, 0.3) is 0 Å². The lowest BCUT2D eigenvalue weighted by Crippen LogP contribution is -2.40. The van der Waals surface area contributed by atoms with E-state index in [1.807, 2.05) is 0 Å². The number of alkyl halides is 2. The van der Waals surface area contributed by atoms with Crippen LogP contribution in [0.2, 0.25) is 0 Å². The Kier molecular flexibility index (Phi) is 1.99. The lowest BCUT2D eigenvalue weighted by atomic mass is 9.79. The highest BCUT2D eigenvalue weighted by Gasteiger charge is 2.46. The smallest absolute Gasteiger partial charge is 0.254 e. The molecule has 0 saturated heterocycles. The zero-order chi connectivity index (χ0) is 8.65. The first-order chi connectivity index (χ1) is 4.94. The highest BCUT2D eigenvalue weighted by molar-refractivity contribution is 5.80. The van der Waals surface area contributed by atoms with Gasteiger partial charge in [0.1, 0.15) is 5.78 Å². The molecule has 0 aromatic heterocycles. The molecule has 2 atom stereocenters. The van der Waals surface area contributed by atoms with Crippen LogP contribution in [-0.4, -0.2) is 11.7 Å². The molecule has 1 rings (SSSR count).